The third-order valence-corrected chi connectivity index (χ3v) is 6.41. The maximum atomic E-state index is 14.1. The van der Waals surface area contributed by atoms with E-state index < -0.39 is 5.92 Å². The lowest BCUT2D eigenvalue weighted by Gasteiger charge is -2.20. The molecule has 2 aromatic carbocycles. The first-order chi connectivity index (χ1) is 14.2. The zero-order valence-corrected chi connectivity index (χ0v) is 17.5. The van der Waals surface area contributed by atoms with Gasteiger partial charge in [0.1, 0.15) is 0 Å². The van der Waals surface area contributed by atoms with Crippen LogP contribution in [-0.2, 0) is 17.1 Å². The first kappa shape index (κ1) is 20.6. The molecule has 0 spiro atoms. The van der Waals surface area contributed by atoms with Crippen molar-refractivity contribution in [2.75, 3.05) is 6.54 Å². The van der Waals surface area contributed by atoms with Crippen LogP contribution in [0.25, 0.3) is 16.7 Å². The van der Waals surface area contributed by atoms with Crippen molar-refractivity contribution >= 4 is 23.1 Å². The first-order valence-corrected chi connectivity index (χ1v) is 10.3. The van der Waals surface area contributed by atoms with Gasteiger partial charge in [-0.2, -0.15) is 5.26 Å². The van der Waals surface area contributed by atoms with E-state index in [4.69, 9.17) is 11.6 Å². The minimum atomic E-state index is -3.08. The van der Waals surface area contributed by atoms with Crippen LogP contribution in [-0.4, -0.2) is 12.5 Å². The number of amides is 1. The molecule has 3 nitrogen and oxygen atoms in total. The number of hydrogen-bond acceptors (Lipinski definition) is 2. The lowest BCUT2D eigenvalue weighted by Crippen LogP contribution is -2.24. The molecule has 0 aromatic heterocycles. The van der Waals surface area contributed by atoms with Gasteiger partial charge in [0.05, 0.1) is 11.6 Å². The van der Waals surface area contributed by atoms with Crippen molar-refractivity contribution < 1.29 is 13.6 Å². The van der Waals surface area contributed by atoms with E-state index in [1.54, 1.807) is 18.2 Å². The highest BCUT2D eigenvalue weighted by molar-refractivity contribution is 6.31. The van der Waals surface area contributed by atoms with Gasteiger partial charge in [-0.05, 0) is 84.2 Å². The van der Waals surface area contributed by atoms with Gasteiger partial charge >= 0.3 is 0 Å². The number of carbonyl (C=O) groups excluding carboxylic acids is 1. The van der Waals surface area contributed by atoms with Gasteiger partial charge in [0.15, 0.2) is 0 Å². The van der Waals surface area contributed by atoms with Crippen LogP contribution in [0.4, 0.5) is 8.78 Å². The van der Waals surface area contributed by atoms with E-state index in [1.165, 1.54) is 12.1 Å². The van der Waals surface area contributed by atoms with Gasteiger partial charge in [0.2, 0.25) is 5.91 Å². The molecule has 1 aliphatic heterocycles. The van der Waals surface area contributed by atoms with Crippen LogP contribution in [0.1, 0.15) is 48.9 Å². The predicted molar refractivity (Wildman–Crippen MR) is 113 cm³/mol. The lowest BCUT2D eigenvalue weighted by molar-refractivity contribution is -0.117. The Morgan fingerprint density at radius 2 is 1.93 bits per heavy atom. The lowest BCUT2D eigenvalue weighted by atomic mass is 9.85. The Labute approximate surface area is 179 Å². The summed E-state index contributed by atoms with van der Waals surface area (Å²) < 4.78 is 28.2. The molecular weight excluding hydrogens is 406 g/mol. The Kier molecular flexibility index (Phi) is 5.15. The molecule has 1 saturated heterocycles. The summed E-state index contributed by atoms with van der Waals surface area (Å²) in [7, 11) is 0. The van der Waals surface area contributed by atoms with Gasteiger partial charge in [0, 0.05) is 29.6 Å². The normalized spacial score (nSPS) is 18.8. The van der Waals surface area contributed by atoms with E-state index in [1.807, 2.05) is 6.92 Å². The number of hydrogen-bond donors (Lipinski definition) is 1. The highest BCUT2D eigenvalue weighted by Crippen LogP contribution is 2.42. The molecule has 1 aliphatic carbocycles. The monoisotopic (exact) mass is 426 g/mol. The fourth-order valence-corrected chi connectivity index (χ4v) is 4.79. The van der Waals surface area contributed by atoms with Crippen molar-refractivity contribution in [3.8, 4) is 17.2 Å². The fraction of sp³-hybridized carbons (Fsp3) is 0.333. The van der Waals surface area contributed by atoms with Crippen LogP contribution >= 0.6 is 11.6 Å². The average molecular weight is 427 g/mol. The summed E-state index contributed by atoms with van der Waals surface area (Å²) in [6.07, 6.45) is 2.24. The number of nitriles is 1. The minimum Gasteiger partial charge on any atom is -0.352 e. The Balaban J connectivity index is 1.99. The smallest absolute Gasteiger partial charge is 0.271 e. The summed E-state index contributed by atoms with van der Waals surface area (Å²) in [5.41, 5.74) is 4.97. The molecule has 2 aromatic rings. The topological polar surface area (TPSA) is 52.9 Å². The maximum absolute atomic E-state index is 14.1. The molecule has 6 heteroatoms. The van der Waals surface area contributed by atoms with E-state index in [2.05, 4.69) is 11.4 Å². The van der Waals surface area contributed by atoms with E-state index >= 15 is 0 Å². The third kappa shape index (κ3) is 3.61. The molecule has 1 fully saturated rings. The zero-order valence-electron chi connectivity index (χ0n) is 16.8. The minimum absolute atomic E-state index is 0.0103. The number of allylic oxidation sites excluding steroid dienone is 1. The summed E-state index contributed by atoms with van der Waals surface area (Å²) in [6.45, 7) is 3.35. The Morgan fingerprint density at radius 1 is 1.20 bits per heavy atom. The summed E-state index contributed by atoms with van der Waals surface area (Å²) in [6, 6.07) is 10.3. The van der Waals surface area contributed by atoms with Crippen LogP contribution in [0.15, 0.2) is 35.9 Å². The Hall–Kier alpha value is -2.71. The fourth-order valence-electron chi connectivity index (χ4n) is 4.51. The molecule has 154 valence electrons. The maximum Gasteiger partial charge on any atom is 0.271 e. The molecular formula is C24H21ClF2N2O. The average Bonchev–Trinajstić information content (AvgIpc) is 2.96. The van der Waals surface area contributed by atoms with Crippen molar-refractivity contribution in [2.24, 2.45) is 5.92 Å². The van der Waals surface area contributed by atoms with E-state index in [0.29, 0.717) is 30.5 Å². The number of nitrogens with one attached hydrogen (secondary N) is 1. The van der Waals surface area contributed by atoms with Crippen molar-refractivity contribution in [1.82, 2.24) is 5.32 Å². The summed E-state index contributed by atoms with van der Waals surface area (Å²) in [4.78, 5) is 12.6. The second-order valence-electron chi connectivity index (χ2n) is 8.17. The largest absolute Gasteiger partial charge is 0.352 e. The van der Waals surface area contributed by atoms with Crippen LogP contribution in [0.3, 0.4) is 0 Å². The van der Waals surface area contributed by atoms with Gasteiger partial charge < -0.3 is 5.32 Å². The van der Waals surface area contributed by atoms with Crippen molar-refractivity contribution in [3.05, 3.63) is 63.2 Å². The van der Waals surface area contributed by atoms with Gasteiger partial charge in [0.25, 0.3) is 5.92 Å². The van der Waals surface area contributed by atoms with Gasteiger partial charge in [-0.25, -0.2) is 8.78 Å². The molecule has 1 amide bonds. The summed E-state index contributed by atoms with van der Waals surface area (Å²) >= 11 is 6.04. The number of rotatable bonds is 2. The van der Waals surface area contributed by atoms with Gasteiger partial charge in [-0.3, -0.25) is 4.79 Å². The van der Waals surface area contributed by atoms with E-state index in [0.717, 1.165) is 41.2 Å². The molecule has 1 heterocycles. The molecule has 1 N–H and O–H groups in total. The highest BCUT2D eigenvalue weighted by Gasteiger charge is 2.31. The van der Waals surface area contributed by atoms with Gasteiger partial charge in [-0.15, -0.1) is 0 Å². The number of fused-ring (bicyclic) bond motifs is 3. The summed E-state index contributed by atoms with van der Waals surface area (Å²) in [5.74, 6) is -2.88. The number of alkyl halides is 2. The Morgan fingerprint density at radius 3 is 2.63 bits per heavy atom. The molecule has 1 unspecified atom stereocenters. The van der Waals surface area contributed by atoms with Crippen LogP contribution < -0.4 is 5.32 Å². The molecule has 4 rings (SSSR count). The molecule has 1 atom stereocenters. The standard InChI is InChI=1S/C24H21ClF2N2O/c1-13-17-9-15(12-28)10-19(16-3-4-22(25)21(11-16)24(2,26)27)20(17)8-14-5-6-29-23(30)18(13)7-14/h3-4,9-11,14H,5-8H2,1-2H3,(H,29,30). The second-order valence-corrected chi connectivity index (χ2v) is 8.57. The number of nitrogens with zero attached hydrogens (tertiary/aromatic N) is 1. The van der Waals surface area contributed by atoms with Crippen LogP contribution in [0, 0.1) is 17.2 Å². The van der Waals surface area contributed by atoms with Crippen molar-refractivity contribution in [3.63, 3.8) is 0 Å². The summed E-state index contributed by atoms with van der Waals surface area (Å²) in [5, 5.41) is 12.6. The number of benzene rings is 2. The van der Waals surface area contributed by atoms with E-state index in [9.17, 15) is 18.8 Å². The molecule has 2 bridgehead atoms. The van der Waals surface area contributed by atoms with E-state index in [-0.39, 0.29) is 22.4 Å². The van der Waals surface area contributed by atoms with Crippen molar-refractivity contribution in [1.29, 1.82) is 5.26 Å². The highest BCUT2D eigenvalue weighted by atomic mass is 35.5. The van der Waals surface area contributed by atoms with Crippen LogP contribution in [0.5, 0.6) is 0 Å². The molecule has 2 aliphatic rings. The molecule has 30 heavy (non-hydrogen) atoms. The second kappa shape index (κ2) is 7.52. The number of halogens is 3. The zero-order chi connectivity index (χ0) is 21.6. The first-order valence-electron chi connectivity index (χ1n) is 9.92. The Bertz CT molecular complexity index is 1130. The quantitative estimate of drug-likeness (QED) is 0.655. The van der Waals surface area contributed by atoms with Crippen LogP contribution in [0.2, 0.25) is 5.02 Å². The van der Waals surface area contributed by atoms with Crippen molar-refractivity contribution in [2.45, 2.75) is 39.0 Å². The number of carbonyl (C=O) groups is 1. The van der Waals surface area contributed by atoms with Gasteiger partial charge in [-0.1, -0.05) is 17.7 Å². The molecule has 0 radical (unpaired) electrons. The predicted octanol–water partition coefficient (Wildman–Crippen LogP) is 5.85. The third-order valence-electron chi connectivity index (χ3n) is 6.08. The SMILES string of the molecule is CC1=C2CC(CCNC2=O)Cc2c1cc(C#N)cc2-c1ccc(Cl)c(C(C)(F)F)c1. The molecule has 0 saturated carbocycles.